The Bertz CT molecular complexity index is 1370. The number of sulfonamides is 1. The number of nitrogens with zero attached hydrogens (tertiary/aromatic N) is 3. The predicted octanol–water partition coefficient (Wildman–Crippen LogP) is 4.48. The highest BCUT2D eigenvalue weighted by Crippen LogP contribution is 2.33. The Balaban J connectivity index is 1.40. The van der Waals surface area contributed by atoms with Gasteiger partial charge in [0.25, 0.3) is 0 Å². The van der Waals surface area contributed by atoms with Crippen LogP contribution in [0.3, 0.4) is 0 Å². The minimum atomic E-state index is -3.65. The van der Waals surface area contributed by atoms with E-state index in [1.807, 2.05) is 29.0 Å². The molecule has 0 radical (unpaired) electrons. The van der Waals surface area contributed by atoms with E-state index >= 15 is 0 Å². The summed E-state index contributed by atoms with van der Waals surface area (Å²) in [4.78, 5) is 4.01. The number of hydrogen-bond donors (Lipinski definition) is 0. The van der Waals surface area contributed by atoms with Crippen molar-refractivity contribution in [1.29, 1.82) is 0 Å². The van der Waals surface area contributed by atoms with E-state index in [2.05, 4.69) is 11.1 Å². The third-order valence-electron chi connectivity index (χ3n) is 5.76. The summed E-state index contributed by atoms with van der Waals surface area (Å²) >= 11 is 0. The molecule has 1 atom stereocenters. The van der Waals surface area contributed by atoms with Gasteiger partial charge in [0, 0.05) is 30.7 Å². The molecule has 0 N–H and O–H groups in total. The van der Waals surface area contributed by atoms with Gasteiger partial charge in [-0.3, -0.25) is 4.98 Å². The van der Waals surface area contributed by atoms with Crippen LogP contribution in [0, 0.1) is 11.6 Å². The van der Waals surface area contributed by atoms with Crippen LogP contribution in [0.1, 0.15) is 17.9 Å². The van der Waals surface area contributed by atoms with E-state index in [0.717, 1.165) is 28.6 Å². The number of halogens is 2. The summed E-state index contributed by atoms with van der Waals surface area (Å²) in [5.41, 5.74) is 2.62. The lowest BCUT2D eigenvalue weighted by Gasteiger charge is -2.17. The van der Waals surface area contributed by atoms with E-state index in [0.29, 0.717) is 25.2 Å². The maximum Gasteiger partial charge on any atom is 0.243 e. The topological polar surface area (TPSA) is 55.2 Å². The van der Waals surface area contributed by atoms with Gasteiger partial charge in [0.1, 0.15) is 11.6 Å². The molecule has 5 nitrogen and oxygen atoms in total. The molecule has 1 saturated heterocycles. The largest absolute Gasteiger partial charge is 0.315 e. The van der Waals surface area contributed by atoms with Crippen LogP contribution in [0.5, 0.6) is 0 Å². The highest BCUT2D eigenvalue weighted by atomic mass is 32.2. The van der Waals surface area contributed by atoms with Gasteiger partial charge in [-0.2, -0.15) is 4.31 Å². The normalized spacial score (nSPS) is 17.4. The van der Waals surface area contributed by atoms with Crippen molar-refractivity contribution in [3.8, 4) is 5.69 Å². The van der Waals surface area contributed by atoms with Crippen LogP contribution in [-0.2, 0) is 10.0 Å². The summed E-state index contributed by atoms with van der Waals surface area (Å²) in [7, 11) is -3.65. The van der Waals surface area contributed by atoms with Gasteiger partial charge >= 0.3 is 0 Å². The molecule has 5 rings (SSSR count). The van der Waals surface area contributed by atoms with E-state index in [1.165, 1.54) is 28.7 Å². The monoisotopic (exact) mass is 439 g/mol. The second-order valence-electron chi connectivity index (χ2n) is 7.67. The lowest BCUT2D eigenvalue weighted by atomic mass is 9.97. The molecule has 1 aliphatic rings. The molecule has 31 heavy (non-hydrogen) atoms. The molecule has 0 bridgehead atoms. The SMILES string of the molecule is O=S(=O)(c1ccc(F)cc1)N1CCC(c2ccc3c(ccn3-c3cncc(F)c3)c2)C1. The standard InChI is InChI=1S/C23H19F2N3O2S/c24-19-2-4-22(5-3-19)31(29,30)27-9-7-18(15-27)16-1-6-23-17(11-16)8-10-28(23)21-12-20(25)13-26-14-21/h1-6,8,10-14,18H,7,9,15H2. The zero-order chi connectivity index (χ0) is 21.6. The van der Waals surface area contributed by atoms with E-state index in [4.69, 9.17) is 0 Å². The Morgan fingerprint density at radius 2 is 1.74 bits per heavy atom. The molecule has 0 spiro atoms. The minimum Gasteiger partial charge on any atom is -0.315 e. The Morgan fingerprint density at radius 3 is 2.52 bits per heavy atom. The average Bonchev–Trinajstić information content (AvgIpc) is 3.41. The van der Waals surface area contributed by atoms with Crippen molar-refractivity contribution in [2.45, 2.75) is 17.2 Å². The van der Waals surface area contributed by atoms with Crippen molar-refractivity contribution in [3.63, 3.8) is 0 Å². The van der Waals surface area contributed by atoms with E-state index in [-0.39, 0.29) is 10.8 Å². The molecule has 3 heterocycles. The maximum absolute atomic E-state index is 13.6. The van der Waals surface area contributed by atoms with Crippen molar-refractivity contribution in [2.24, 2.45) is 0 Å². The van der Waals surface area contributed by atoms with Crippen molar-refractivity contribution in [3.05, 3.63) is 90.4 Å². The number of hydrogen-bond acceptors (Lipinski definition) is 3. The Morgan fingerprint density at radius 1 is 0.935 bits per heavy atom. The third kappa shape index (κ3) is 3.62. The molecule has 0 aliphatic carbocycles. The highest BCUT2D eigenvalue weighted by Gasteiger charge is 2.33. The molecule has 0 amide bonds. The van der Waals surface area contributed by atoms with Crippen molar-refractivity contribution in [2.75, 3.05) is 13.1 Å². The van der Waals surface area contributed by atoms with Gasteiger partial charge in [-0.25, -0.2) is 17.2 Å². The Labute approximate surface area is 178 Å². The van der Waals surface area contributed by atoms with Crippen LogP contribution in [0.15, 0.2) is 78.1 Å². The van der Waals surface area contributed by atoms with E-state index in [9.17, 15) is 17.2 Å². The van der Waals surface area contributed by atoms with Crippen LogP contribution in [-0.4, -0.2) is 35.4 Å². The first-order valence-corrected chi connectivity index (χ1v) is 11.3. The average molecular weight is 439 g/mol. The molecule has 158 valence electrons. The van der Waals surface area contributed by atoms with E-state index < -0.39 is 21.7 Å². The molecule has 2 aromatic carbocycles. The number of pyridine rings is 1. The smallest absolute Gasteiger partial charge is 0.243 e. The van der Waals surface area contributed by atoms with Crippen molar-refractivity contribution < 1.29 is 17.2 Å². The van der Waals surface area contributed by atoms with Crippen molar-refractivity contribution >= 4 is 20.9 Å². The summed E-state index contributed by atoms with van der Waals surface area (Å²) in [6.45, 7) is 0.790. The fraction of sp³-hybridized carbons (Fsp3) is 0.174. The van der Waals surface area contributed by atoms with Crippen LogP contribution in [0.4, 0.5) is 8.78 Å². The van der Waals surface area contributed by atoms with Crippen LogP contribution >= 0.6 is 0 Å². The van der Waals surface area contributed by atoms with Gasteiger partial charge < -0.3 is 4.57 Å². The number of aromatic nitrogens is 2. The predicted molar refractivity (Wildman–Crippen MR) is 114 cm³/mol. The van der Waals surface area contributed by atoms with Crippen LogP contribution < -0.4 is 0 Å². The summed E-state index contributed by atoms with van der Waals surface area (Å²) in [6.07, 6.45) is 5.34. The number of rotatable bonds is 4. The number of benzene rings is 2. The Kier molecular flexibility index (Phi) is 4.83. The zero-order valence-electron chi connectivity index (χ0n) is 16.4. The summed E-state index contributed by atoms with van der Waals surface area (Å²) < 4.78 is 55.8. The Hall–Kier alpha value is -3.10. The lowest BCUT2D eigenvalue weighted by Crippen LogP contribution is -2.28. The van der Waals surface area contributed by atoms with Gasteiger partial charge in [0.2, 0.25) is 10.0 Å². The van der Waals surface area contributed by atoms with Gasteiger partial charge in [0.05, 0.1) is 28.5 Å². The summed E-state index contributed by atoms with van der Waals surface area (Å²) in [6, 6.07) is 14.3. The molecular weight excluding hydrogens is 420 g/mol. The van der Waals surface area contributed by atoms with Crippen LogP contribution in [0.25, 0.3) is 16.6 Å². The van der Waals surface area contributed by atoms with Crippen molar-refractivity contribution in [1.82, 2.24) is 13.9 Å². The fourth-order valence-corrected chi connectivity index (χ4v) is 5.65. The second-order valence-corrected chi connectivity index (χ2v) is 9.61. The first-order chi connectivity index (χ1) is 14.9. The molecule has 0 saturated carbocycles. The zero-order valence-corrected chi connectivity index (χ0v) is 17.3. The number of fused-ring (bicyclic) bond motifs is 1. The fourth-order valence-electron chi connectivity index (χ4n) is 4.15. The first-order valence-electron chi connectivity index (χ1n) is 9.89. The molecule has 1 unspecified atom stereocenters. The lowest BCUT2D eigenvalue weighted by molar-refractivity contribution is 0.472. The highest BCUT2D eigenvalue weighted by molar-refractivity contribution is 7.89. The van der Waals surface area contributed by atoms with Gasteiger partial charge in [-0.05, 0) is 60.4 Å². The van der Waals surface area contributed by atoms with Crippen LogP contribution in [0.2, 0.25) is 0 Å². The molecule has 1 aliphatic heterocycles. The van der Waals surface area contributed by atoms with E-state index in [1.54, 1.807) is 6.20 Å². The third-order valence-corrected chi connectivity index (χ3v) is 7.64. The first kappa shape index (κ1) is 19.8. The van der Waals surface area contributed by atoms with Gasteiger partial charge in [-0.1, -0.05) is 6.07 Å². The summed E-state index contributed by atoms with van der Waals surface area (Å²) in [5.74, 6) is -0.796. The second kappa shape index (κ2) is 7.55. The molecule has 8 heteroatoms. The molecule has 4 aromatic rings. The molecular formula is C23H19F2N3O2S. The molecule has 2 aromatic heterocycles. The maximum atomic E-state index is 13.6. The molecule has 1 fully saturated rings. The van der Waals surface area contributed by atoms with Gasteiger partial charge in [0.15, 0.2) is 0 Å². The summed E-state index contributed by atoms with van der Waals surface area (Å²) in [5, 5.41) is 0.988. The van der Waals surface area contributed by atoms with Gasteiger partial charge in [-0.15, -0.1) is 0 Å². The quantitative estimate of drug-likeness (QED) is 0.471. The minimum absolute atomic E-state index is 0.0683.